The summed E-state index contributed by atoms with van der Waals surface area (Å²) in [4.78, 5) is 12.8. The lowest BCUT2D eigenvalue weighted by atomic mass is 10.1. The first-order valence-electron chi connectivity index (χ1n) is 9.10. The Morgan fingerprint density at radius 2 is 1.37 bits per heavy atom. The molecule has 0 radical (unpaired) electrons. The fraction of sp³-hybridized carbons (Fsp3) is 0. The van der Waals surface area contributed by atoms with Crippen LogP contribution in [0.15, 0.2) is 95.9 Å². The number of fused-ring (bicyclic) bond motifs is 1. The molecule has 0 unspecified atom stereocenters. The van der Waals surface area contributed by atoms with Gasteiger partial charge in [-0.15, -0.1) is 0 Å². The van der Waals surface area contributed by atoms with Gasteiger partial charge in [-0.3, -0.25) is 9.52 Å². The lowest BCUT2D eigenvalue weighted by Crippen LogP contribution is -2.18. The maximum atomic E-state index is 13.1. The highest BCUT2D eigenvalue weighted by Crippen LogP contribution is 2.26. The molecule has 0 fully saturated rings. The number of amides is 1. The molecule has 0 spiro atoms. The number of rotatable bonds is 5. The Kier molecular flexibility index (Phi) is 5.20. The number of para-hydroxylation sites is 1. The number of nitrogens with one attached hydrogen (secondary N) is 2. The molecule has 0 aliphatic carbocycles. The largest absolute Gasteiger partial charge is 0.321 e. The average molecular weight is 420 g/mol. The first-order valence-corrected chi connectivity index (χ1v) is 10.6. The van der Waals surface area contributed by atoms with E-state index >= 15 is 0 Å². The van der Waals surface area contributed by atoms with Crippen molar-refractivity contribution in [2.75, 3.05) is 10.0 Å². The van der Waals surface area contributed by atoms with Crippen molar-refractivity contribution < 1.29 is 17.6 Å². The Hall–Kier alpha value is -3.71. The third-order valence-electron chi connectivity index (χ3n) is 4.58. The number of benzene rings is 4. The van der Waals surface area contributed by atoms with E-state index < -0.39 is 21.7 Å². The van der Waals surface area contributed by atoms with E-state index in [1.54, 1.807) is 18.2 Å². The van der Waals surface area contributed by atoms with Gasteiger partial charge in [0.2, 0.25) is 0 Å². The molecule has 0 aliphatic heterocycles. The maximum absolute atomic E-state index is 13.1. The van der Waals surface area contributed by atoms with Crippen LogP contribution in [0.3, 0.4) is 0 Å². The molecular weight excluding hydrogens is 403 g/mol. The molecule has 4 aromatic carbocycles. The minimum Gasteiger partial charge on any atom is -0.321 e. The Balaban J connectivity index is 1.64. The SMILES string of the molecule is O=C(Nc1cccc2ccccc12)c1ccccc1NS(=O)(=O)c1ccc(F)cc1. The summed E-state index contributed by atoms with van der Waals surface area (Å²) in [5.74, 6) is -0.993. The minimum atomic E-state index is -3.99. The van der Waals surface area contributed by atoms with Crippen LogP contribution in [0.4, 0.5) is 15.8 Å². The van der Waals surface area contributed by atoms with Crippen molar-refractivity contribution in [3.8, 4) is 0 Å². The second-order valence-electron chi connectivity index (χ2n) is 6.59. The summed E-state index contributed by atoms with van der Waals surface area (Å²) in [6.07, 6.45) is 0. The number of hydrogen-bond donors (Lipinski definition) is 2. The second-order valence-corrected chi connectivity index (χ2v) is 8.27. The first kappa shape index (κ1) is 19.6. The summed E-state index contributed by atoms with van der Waals surface area (Å²) in [7, 11) is -3.99. The molecule has 4 rings (SSSR count). The molecule has 0 saturated heterocycles. The van der Waals surface area contributed by atoms with Crippen LogP contribution >= 0.6 is 0 Å². The van der Waals surface area contributed by atoms with Crippen molar-refractivity contribution in [3.05, 3.63) is 102 Å². The number of anilines is 2. The Morgan fingerprint density at radius 3 is 2.17 bits per heavy atom. The van der Waals surface area contributed by atoms with Crippen molar-refractivity contribution in [1.82, 2.24) is 0 Å². The zero-order valence-electron chi connectivity index (χ0n) is 15.7. The minimum absolute atomic E-state index is 0.104. The molecule has 0 bridgehead atoms. The van der Waals surface area contributed by atoms with E-state index in [1.165, 1.54) is 12.1 Å². The molecular formula is C23H17FN2O3S. The molecule has 150 valence electrons. The monoisotopic (exact) mass is 420 g/mol. The zero-order chi connectivity index (χ0) is 21.1. The normalized spacial score (nSPS) is 11.2. The summed E-state index contributed by atoms with van der Waals surface area (Å²) < 4.78 is 40.8. The van der Waals surface area contributed by atoms with Crippen LogP contribution in [0.2, 0.25) is 0 Å². The van der Waals surface area contributed by atoms with Gasteiger partial charge >= 0.3 is 0 Å². The van der Waals surface area contributed by atoms with Crippen LogP contribution in [-0.4, -0.2) is 14.3 Å². The van der Waals surface area contributed by atoms with Crippen LogP contribution in [0.25, 0.3) is 10.8 Å². The highest BCUT2D eigenvalue weighted by atomic mass is 32.2. The highest BCUT2D eigenvalue weighted by molar-refractivity contribution is 7.92. The summed E-state index contributed by atoms with van der Waals surface area (Å²) in [5, 5.41) is 4.70. The topological polar surface area (TPSA) is 75.3 Å². The van der Waals surface area contributed by atoms with Crippen LogP contribution < -0.4 is 10.0 Å². The van der Waals surface area contributed by atoms with Crippen molar-refractivity contribution in [2.45, 2.75) is 4.90 Å². The molecule has 0 atom stereocenters. The fourth-order valence-corrected chi connectivity index (χ4v) is 4.19. The number of halogens is 1. The van der Waals surface area contributed by atoms with Crippen molar-refractivity contribution >= 4 is 38.1 Å². The van der Waals surface area contributed by atoms with Gasteiger partial charge in [0.25, 0.3) is 15.9 Å². The first-order chi connectivity index (χ1) is 14.4. The van der Waals surface area contributed by atoms with E-state index in [1.807, 2.05) is 36.4 Å². The van der Waals surface area contributed by atoms with Gasteiger partial charge in [0, 0.05) is 11.1 Å². The number of sulfonamides is 1. The van der Waals surface area contributed by atoms with Gasteiger partial charge in [0.15, 0.2) is 0 Å². The van der Waals surface area contributed by atoms with E-state index in [-0.39, 0.29) is 16.1 Å². The predicted octanol–water partition coefficient (Wildman–Crippen LogP) is 5.03. The van der Waals surface area contributed by atoms with Crippen LogP contribution in [0, 0.1) is 5.82 Å². The molecule has 4 aromatic rings. The van der Waals surface area contributed by atoms with Crippen LogP contribution in [-0.2, 0) is 10.0 Å². The lowest BCUT2D eigenvalue weighted by molar-refractivity contribution is 0.102. The van der Waals surface area contributed by atoms with E-state index in [0.717, 1.165) is 35.0 Å². The molecule has 1 amide bonds. The van der Waals surface area contributed by atoms with Gasteiger partial charge in [-0.05, 0) is 47.9 Å². The Morgan fingerprint density at radius 1 is 0.733 bits per heavy atom. The fourth-order valence-electron chi connectivity index (χ4n) is 3.11. The van der Waals surface area contributed by atoms with E-state index in [2.05, 4.69) is 10.0 Å². The molecule has 30 heavy (non-hydrogen) atoms. The molecule has 5 nitrogen and oxygen atoms in total. The second kappa shape index (κ2) is 7.96. The quantitative estimate of drug-likeness (QED) is 0.475. The summed E-state index contributed by atoms with van der Waals surface area (Å²) in [6, 6.07) is 23.9. The van der Waals surface area contributed by atoms with Crippen LogP contribution in [0.5, 0.6) is 0 Å². The zero-order valence-corrected chi connectivity index (χ0v) is 16.5. The number of carbonyl (C=O) groups excluding carboxylic acids is 1. The number of hydrogen-bond acceptors (Lipinski definition) is 3. The van der Waals surface area contributed by atoms with E-state index in [4.69, 9.17) is 0 Å². The third-order valence-corrected chi connectivity index (χ3v) is 5.96. The van der Waals surface area contributed by atoms with Gasteiger partial charge in [-0.1, -0.05) is 48.5 Å². The molecule has 0 aromatic heterocycles. The average Bonchev–Trinajstić information content (AvgIpc) is 2.74. The van der Waals surface area contributed by atoms with E-state index in [9.17, 15) is 17.6 Å². The molecule has 0 saturated carbocycles. The van der Waals surface area contributed by atoms with Gasteiger partial charge < -0.3 is 5.32 Å². The summed E-state index contributed by atoms with van der Waals surface area (Å²) in [6.45, 7) is 0. The Labute approximate surface area is 173 Å². The lowest BCUT2D eigenvalue weighted by Gasteiger charge is -2.14. The summed E-state index contributed by atoms with van der Waals surface area (Å²) in [5.41, 5.74) is 0.907. The molecule has 0 heterocycles. The molecule has 7 heteroatoms. The van der Waals surface area contributed by atoms with Crippen molar-refractivity contribution in [2.24, 2.45) is 0 Å². The smallest absolute Gasteiger partial charge is 0.261 e. The van der Waals surface area contributed by atoms with E-state index in [0.29, 0.717) is 5.69 Å². The standard InChI is InChI=1S/C23H17FN2O3S/c24-17-12-14-18(15-13-17)30(28,29)26-22-10-4-3-9-20(22)23(27)25-21-11-5-7-16-6-1-2-8-19(16)21/h1-15,26H,(H,25,27). The predicted molar refractivity (Wildman–Crippen MR) is 116 cm³/mol. The van der Waals surface area contributed by atoms with Gasteiger partial charge in [0.05, 0.1) is 16.1 Å². The molecule has 2 N–H and O–H groups in total. The Bertz CT molecular complexity index is 1330. The van der Waals surface area contributed by atoms with Crippen LogP contribution in [0.1, 0.15) is 10.4 Å². The number of carbonyl (C=O) groups is 1. The maximum Gasteiger partial charge on any atom is 0.261 e. The van der Waals surface area contributed by atoms with Gasteiger partial charge in [0.1, 0.15) is 5.82 Å². The molecule has 0 aliphatic rings. The highest BCUT2D eigenvalue weighted by Gasteiger charge is 2.19. The van der Waals surface area contributed by atoms with Crippen molar-refractivity contribution in [3.63, 3.8) is 0 Å². The third kappa shape index (κ3) is 4.01. The van der Waals surface area contributed by atoms with Gasteiger partial charge in [-0.2, -0.15) is 0 Å². The van der Waals surface area contributed by atoms with Gasteiger partial charge in [-0.25, -0.2) is 12.8 Å². The van der Waals surface area contributed by atoms with Crippen molar-refractivity contribution in [1.29, 1.82) is 0 Å². The summed E-state index contributed by atoms with van der Waals surface area (Å²) >= 11 is 0.